The Bertz CT molecular complexity index is 1630. The van der Waals surface area contributed by atoms with E-state index in [-0.39, 0.29) is 87.6 Å². The third kappa shape index (κ3) is 20.6. The number of carboxylic acid groups (broad SMARTS) is 3. The summed E-state index contributed by atoms with van der Waals surface area (Å²) in [4.78, 5) is 97.5. The second-order valence-electron chi connectivity index (χ2n) is 14.1. The number of aromatic hydroxyl groups is 1. The van der Waals surface area contributed by atoms with Gasteiger partial charge in [0.1, 0.15) is 23.6 Å². The van der Waals surface area contributed by atoms with E-state index >= 15 is 0 Å². The van der Waals surface area contributed by atoms with Crippen LogP contribution in [0.3, 0.4) is 0 Å². The monoisotopic (exact) mass is 796 g/mol. The molecule has 2 aromatic rings. The number of hydrogen-bond donors (Lipinski definition) is 8. The number of benzene rings is 2. The lowest BCUT2D eigenvalue weighted by molar-refractivity contribution is -0.142. The fourth-order valence-electron chi connectivity index (χ4n) is 5.93. The zero-order valence-corrected chi connectivity index (χ0v) is 32.4. The third-order valence-corrected chi connectivity index (χ3v) is 9.23. The van der Waals surface area contributed by atoms with Gasteiger partial charge in [-0.15, -0.1) is 0 Å². The van der Waals surface area contributed by atoms with Gasteiger partial charge in [-0.1, -0.05) is 75.1 Å². The molecule has 0 saturated carbocycles. The highest BCUT2D eigenvalue weighted by Crippen LogP contribution is 2.15. The van der Waals surface area contributed by atoms with Crippen LogP contribution in [0.25, 0.3) is 0 Å². The fourth-order valence-corrected chi connectivity index (χ4v) is 5.93. The molecule has 0 bridgehead atoms. The predicted molar refractivity (Wildman–Crippen MR) is 208 cm³/mol. The Hall–Kier alpha value is -5.80. The molecule has 8 N–H and O–H groups in total. The van der Waals surface area contributed by atoms with Crippen molar-refractivity contribution < 1.29 is 58.8 Å². The summed E-state index contributed by atoms with van der Waals surface area (Å²) in [5.41, 5.74) is 1.41. The molecule has 16 nitrogen and oxygen atoms in total. The first-order valence-corrected chi connectivity index (χ1v) is 19.3. The summed E-state index contributed by atoms with van der Waals surface area (Å²) < 4.78 is 0. The largest absolute Gasteiger partial charge is 0.508 e. The van der Waals surface area contributed by atoms with E-state index in [0.717, 1.165) is 31.2 Å². The molecule has 0 aliphatic heterocycles. The number of hydrogen-bond acceptors (Lipinski definition) is 9. The summed E-state index contributed by atoms with van der Waals surface area (Å²) in [5, 5.41) is 47.2. The Morgan fingerprint density at radius 2 is 1.18 bits per heavy atom. The number of aliphatic carboxylic acids is 3. The van der Waals surface area contributed by atoms with Gasteiger partial charge in [-0.25, -0.2) is 14.4 Å². The Morgan fingerprint density at radius 3 is 1.79 bits per heavy atom. The van der Waals surface area contributed by atoms with E-state index in [0.29, 0.717) is 18.4 Å². The molecule has 16 heteroatoms. The number of carbonyl (C=O) groups excluding carboxylic acids is 5. The van der Waals surface area contributed by atoms with Gasteiger partial charge in [-0.05, 0) is 55.4 Å². The number of Topliss-reactive ketones (excluding diaryl/α,β-unsaturated/α-hetero) is 2. The van der Waals surface area contributed by atoms with E-state index in [1.165, 1.54) is 19.1 Å². The Labute approximate surface area is 332 Å². The topological polar surface area (TPSA) is 266 Å². The highest BCUT2D eigenvalue weighted by molar-refractivity contribution is 5.93. The van der Waals surface area contributed by atoms with E-state index < -0.39 is 53.9 Å². The zero-order chi connectivity index (χ0) is 42.2. The van der Waals surface area contributed by atoms with Crippen molar-refractivity contribution in [2.24, 2.45) is 5.92 Å². The highest BCUT2D eigenvalue weighted by Gasteiger charge is 2.28. The van der Waals surface area contributed by atoms with Crippen LogP contribution < -0.4 is 21.3 Å². The molecular formula is C41H56N4O12. The molecule has 0 spiro atoms. The molecule has 2 aromatic carbocycles. The quantitative estimate of drug-likeness (QED) is 0.0545. The number of ketones is 2. The second kappa shape index (κ2) is 26.1. The minimum atomic E-state index is -1.28. The van der Waals surface area contributed by atoms with E-state index in [4.69, 9.17) is 5.11 Å². The van der Waals surface area contributed by atoms with Crippen LogP contribution in [0.5, 0.6) is 5.75 Å². The van der Waals surface area contributed by atoms with Crippen molar-refractivity contribution in [2.75, 3.05) is 6.54 Å². The SMILES string of the molecule is C[C@H](CC(=O)[C@H](Cc1ccccc1)NC(=O)CCCCCCCCC(=O)CC[C@H](NC(=O)NCCCC(=O)O)C(=O)O)C(=O)N[C@H](Cc1ccc(O)cc1)C(=O)O. The lowest BCUT2D eigenvalue weighted by atomic mass is 9.94. The zero-order valence-electron chi connectivity index (χ0n) is 32.4. The third-order valence-electron chi connectivity index (χ3n) is 9.23. The highest BCUT2D eigenvalue weighted by atomic mass is 16.4. The van der Waals surface area contributed by atoms with Crippen LogP contribution in [0.2, 0.25) is 0 Å². The molecule has 2 rings (SSSR count). The van der Waals surface area contributed by atoms with Crippen LogP contribution in [0.4, 0.5) is 4.79 Å². The van der Waals surface area contributed by atoms with E-state index in [9.17, 15) is 53.7 Å². The molecule has 4 atom stereocenters. The predicted octanol–water partition coefficient (Wildman–Crippen LogP) is 3.91. The van der Waals surface area contributed by atoms with Crippen molar-refractivity contribution in [3.8, 4) is 5.75 Å². The van der Waals surface area contributed by atoms with Gasteiger partial charge in [0.25, 0.3) is 0 Å². The van der Waals surface area contributed by atoms with Gasteiger partial charge in [0.2, 0.25) is 11.8 Å². The summed E-state index contributed by atoms with van der Waals surface area (Å²) >= 11 is 0. The maximum Gasteiger partial charge on any atom is 0.326 e. The van der Waals surface area contributed by atoms with Gasteiger partial charge >= 0.3 is 23.9 Å². The minimum Gasteiger partial charge on any atom is -0.508 e. The van der Waals surface area contributed by atoms with Crippen LogP contribution in [0.15, 0.2) is 54.6 Å². The Balaban J connectivity index is 1.74. The average molecular weight is 797 g/mol. The molecule has 0 fully saturated rings. The number of carbonyl (C=O) groups is 8. The molecule has 312 valence electrons. The Morgan fingerprint density at radius 1 is 0.596 bits per heavy atom. The molecule has 0 aliphatic rings. The van der Waals surface area contributed by atoms with Gasteiger partial charge in [-0.3, -0.25) is 24.0 Å². The minimum absolute atomic E-state index is 0.0154. The number of phenols is 1. The standard InChI is InChI=1S/C41H56N4O12/c1-27(38(52)44-34(40(55)56)26-29-17-19-31(47)20-18-29)24-35(48)33(25-28-12-7-6-8-13-28)43-36(49)15-10-5-3-2-4-9-14-30(46)21-22-32(39(53)54)45-41(57)42-23-11-16-37(50)51/h6-8,12-13,17-20,27,32-34,47H,2-5,9-11,14-16,21-26H2,1H3,(H,43,49)(H,44,52)(H,50,51)(H,53,54)(H,55,56)(H2,42,45,57)/t27-,32+,33+,34-/m1/s1. The van der Waals surface area contributed by atoms with Gasteiger partial charge in [0.05, 0.1) is 6.04 Å². The van der Waals surface area contributed by atoms with E-state index in [1.807, 2.05) is 30.3 Å². The molecular weight excluding hydrogens is 740 g/mol. The van der Waals surface area contributed by atoms with Crippen molar-refractivity contribution in [1.29, 1.82) is 0 Å². The average Bonchev–Trinajstić information content (AvgIpc) is 3.16. The van der Waals surface area contributed by atoms with Crippen molar-refractivity contribution >= 4 is 47.3 Å². The lowest BCUT2D eigenvalue weighted by Gasteiger charge is -2.21. The maximum absolute atomic E-state index is 13.5. The molecule has 57 heavy (non-hydrogen) atoms. The molecule has 0 radical (unpaired) electrons. The molecule has 0 unspecified atom stereocenters. The fraction of sp³-hybridized carbons (Fsp3) is 0.512. The number of rotatable bonds is 29. The number of urea groups is 1. The van der Waals surface area contributed by atoms with Gasteiger partial charge in [0, 0.05) is 51.0 Å². The van der Waals surface area contributed by atoms with E-state index in [1.54, 1.807) is 12.1 Å². The van der Waals surface area contributed by atoms with Gasteiger partial charge < -0.3 is 41.7 Å². The number of phenolic OH excluding ortho intramolecular Hbond substituents is 1. The number of amides is 4. The first-order valence-electron chi connectivity index (χ1n) is 19.3. The molecule has 0 aliphatic carbocycles. The normalized spacial score (nSPS) is 12.9. The van der Waals surface area contributed by atoms with Crippen molar-refractivity contribution in [2.45, 2.75) is 121 Å². The van der Waals surface area contributed by atoms with Gasteiger partial charge in [-0.2, -0.15) is 0 Å². The second-order valence-corrected chi connectivity index (χ2v) is 14.1. The van der Waals surface area contributed by atoms with E-state index in [2.05, 4.69) is 21.3 Å². The molecule has 4 amide bonds. The molecule has 0 saturated heterocycles. The number of unbranched alkanes of at least 4 members (excludes halogenated alkanes) is 5. The molecule has 0 heterocycles. The number of carboxylic acids is 3. The smallest absolute Gasteiger partial charge is 0.326 e. The van der Waals surface area contributed by atoms with Crippen molar-refractivity contribution in [1.82, 2.24) is 21.3 Å². The van der Waals surface area contributed by atoms with Crippen LogP contribution >= 0.6 is 0 Å². The summed E-state index contributed by atoms with van der Waals surface area (Å²) in [7, 11) is 0. The first-order chi connectivity index (χ1) is 27.1. The van der Waals surface area contributed by atoms with Crippen LogP contribution in [-0.4, -0.2) is 92.4 Å². The van der Waals surface area contributed by atoms with Crippen LogP contribution in [0.1, 0.15) is 102 Å². The summed E-state index contributed by atoms with van der Waals surface area (Å²) in [6.07, 6.45) is 4.75. The van der Waals surface area contributed by atoms with Crippen molar-refractivity contribution in [3.05, 3.63) is 65.7 Å². The van der Waals surface area contributed by atoms with Crippen molar-refractivity contribution in [3.63, 3.8) is 0 Å². The Kier molecular flexibility index (Phi) is 21.7. The molecule has 0 aromatic heterocycles. The lowest BCUT2D eigenvalue weighted by Crippen LogP contribution is -2.46. The summed E-state index contributed by atoms with van der Waals surface area (Å²) in [6.45, 7) is 1.60. The first kappa shape index (κ1) is 47.4. The number of nitrogens with one attached hydrogen (secondary N) is 4. The van der Waals surface area contributed by atoms with Crippen LogP contribution in [0, 0.1) is 5.92 Å². The van der Waals surface area contributed by atoms with Crippen LogP contribution in [-0.2, 0) is 46.4 Å². The summed E-state index contributed by atoms with van der Waals surface area (Å²) in [6, 6.07) is 10.9. The maximum atomic E-state index is 13.5. The van der Waals surface area contributed by atoms with Gasteiger partial charge in [0.15, 0.2) is 5.78 Å². The summed E-state index contributed by atoms with van der Waals surface area (Å²) in [5.74, 6) is -5.77.